The van der Waals surface area contributed by atoms with Crippen LogP contribution in [0.4, 0.5) is 21.0 Å². The van der Waals surface area contributed by atoms with Gasteiger partial charge in [-0.3, -0.25) is 19.2 Å². The predicted molar refractivity (Wildman–Crippen MR) is 206 cm³/mol. The highest BCUT2D eigenvalue weighted by Crippen LogP contribution is 2.34. The number of methoxy groups -OCH3 is 2. The molecule has 0 spiro atoms. The minimum absolute atomic E-state index is 0.221. The van der Waals surface area contributed by atoms with E-state index < -0.39 is 35.3 Å². The number of hydrogen-bond acceptors (Lipinski definition) is 9. The predicted octanol–water partition coefficient (Wildman–Crippen LogP) is 4.63. The van der Waals surface area contributed by atoms with E-state index in [1.165, 1.54) is 14.2 Å². The van der Waals surface area contributed by atoms with Crippen molar-refractivity contribution in [3.8, 4) is 11.4 Å². The van der Waals surface area contributed by atoms with Crippen LogP contribution >= 0.6 is 0 Å². The first kappa shape index (κ1) is 40.5. The number of likely N-dealkylation sites (tertiary alicyclic amines) is 2. The monoisotopic (exact) mass is 760 g/mol. The number of nitrogens with one attached hydrogen (secondary N) is 5. The van der Waals surface area contributed by atoms with Crippen LogP contribution in [0.5, 0.6) is 0 Å². The fourth-order valence-electron chi connectivity index (χ4n) is 7.31. The molecule has 3 aromatic rings. The minimum Gasteiger partial charge on any atom is -0.453 e. The summed E-state index contributed by atoms with van der Waals surface area (Å²) in [4.78, 5) is 89.6. The van der Waals surface area contributed by atoms with Crippen molar-refractivity contribution in [1.82, 2.24) is 30.4 Å². The molecule has 2 saturated heterocycles. The van der Waals surface area contributed by atoms with Gasteiger partial charge in [-0.1, -0.05) is 27.7 Å². The molecule has 5 N–H and O–H groups in total. The van der Waals surface area contributed by atoms with E-state index in [1.807, 2.05) is 39.8 Å². The zero-order valence-electron chi connectivity index (χ0n) is 32.7. The van der Waals surface area contributed by atoms with Crippen LogP contribution in [0.25, 0.3) is 22.4 Å². The second-order valence-electron chi connectivity index (χ2n) is 15.3. The van der Waals surface area contributed by atoms with E-state index in [0.717, 1.165) is 5.56 Å². The molecule has 55 heavy (non-hydrogen) atoms. The van der Waals surface area contributed by atoms with Gasteiger partial charge in [0.05, 0.1) is 25.3 Å². The summed E-state index contributed by atoms with van der Waals surface area (Å²) in [6, 6.07) is 10.8. The number of ether oxygens (including phenoxy) is 2. The van der Waals surface area contributed by atoms with Gasteiger partial charge in [0.25, 0.3) is 0 Å². The van der Waals surface area contributed by atoms with Gasteiger partial charge in [-0.25, -0.2) is 14.6 Å². The number of anilines is 2. The Kier molecular flexibility index (Phi) is 12.1. The molecule has 6 amide bonds. The molecule has 0 saturated carbocycles. The lowest BCUT2D eigenvalue weighted by Gasteiger charge is -2.37. The van der Waals surface area contributed by atoms with E-state index in [0.29, 0.717) is 67.0 Å². The van der Waals surface area contributed by atoms with Gasteiger partial charge in [0, 0.05) is 30.0 Å². The minimum atomic E-state index is -1.13. The number of hydrogen-bond donors (Lipinski definition) is 5. The Hall–Kier alpha value is -5.67. The molecule has 2 fully saturated rings. The third kappa shape index (κ3) is 8.37. The number of aromatic amines is 1. The summed E-state index contributed by atoms with van der Waals surface area (Å²) in [5.74, 6) is -1.23. The van der Waals surface area contributed by atoms with Crippen LogP contribution in [0.15, 0.2) is 42.5 Å². The summed E-state index contributed by atoms with van der Waals surface area (Å²) in [5, 5.41) is 11.1. The van der Waals surface area contributed by atoms with Crippen molar-refractivity contribution in [2.75, 3.05) is 37.9 Å². The lowest BCUT2D eigenvalue weighted by molar-refractivity contribution is -0.144. The number of alkyl carbamates (subject to hydrolysis) is 2. The van der Waals surface area contributed by atoms with E-state index in [-0.39, 0.29) is 35.5 Å². The van der Waals surface area contributed by atoms with Crippen molar-refractivity contribution >= 4 is 58.2 Å². The molecule has 4 atom stereocenters. The largest absolute Gasteiger partial charge is 0.453 e. The first-order valence-corrected chi connectivity index (χ1v) is 18.6. The van der Waals surface area contributed by atoms with Crippen LogP contribution in [-0.4, -0.2) is 106 Å². The molecule has 3 heterocycles. The zero-order chi connectivity index (χ0) is 40.2. The van der Waals surface area contributed by atoms with Gasteiger partial charge in [0.2, 0.25) is 23.6 Å². The number of carbonyl (C=O) groups is 6. The Bertz CT molecular complexity index is 1940. The fourth-order valence-corrected chi connectivity index (χ4v) is 7.31. The first-order chi connectivity index (χ1) is 26.0. The van der Waals surface area contributed by atoms with Crippen LogP contribution in [-0.2, 0) is 28.7 Å². The Balaban J connectivity index is 1.26. The number of H-pyrrole nitrogens is 1. The molecule has 2 aromatic carbocycles. The van der Waals surface area contributed by atoms with Crippen molar-refractivity contribution in [3.05, 3.63) is 42.5 Å². The molecule has 2 aliphatic heterocycles. The highest BCUT2D eigenvalue weighted by Gasteiger charge is 2.49. The van der Waals surface area contributed by atoms with Gasteiger partial charge < -0.3 is 45.5 Å². The molecule has 0 aliphatic carbocycles. The summed E-state index contributed by atoms with van der Waals surface area (Å²) < 4.78 is 9.42. The SMILES string of the molecule is COC(=O)NC(C(=O)N1CCCC1(C)C(=O)Nc1ccc(-c2nc3ccc(NC(=O)C4(C)CCCN4C(=O)C(NC(=O)OC)C(C)C)cc3[nH]2)cc1)C(C)C. The standard InChI is InChI=1S/C39H52N8O8/c1-22(2)29(44-36(52)54-7)32(48)46-19-9-17-38(46,5)34(50)40-25-13-11-24(12-14-25)31-42-27-16-15-26(21-28(27)43-31)41-35(51)39(6)18-10-20-47(39)33(49)30(23(3)4)45-37(53)55-8/h11-16,21-23,29-30H,9-10,17-20H2,1-8H3,(H,40,50)(H,41,51)(H,42,43)(H,44,52)(H,45,53). The summed E-state index contributed by atoms with van der Waals surface area (Å²) in [6.07, 6.45) is 0.782. The second-order valence-corrected chi connectivity index (χ2v) is 15.3. The average molecular weight is 761 g/mol. The zero-order valence-corrected chi connectivity index (χ0v) is 32.7. The van der Waals surface area contributed by atoms with Crippen molar-refractivity contribution in [1.29, 1.82) is 0 Å². The first-order valence-electron chi connectivity index (χ1n) is 18.6. The van der Waals surface area contributed by atoms with E-state index in [4.69, 9.17) is 14.5 Å². The van der Waals surface area contributed by atoms with E-state index in [1.54, 1.807) is 54.0 Å². The van der Waals surface area contributed by atoms with Crippen LogP contribution in [0.2, 0.25) is 0 Å². The van der Waals surface area contributed by atoms with Crippen LogP contribution in [0.3, 0.4) is 0 Å². The van der Waals surface area contributed by atoms with Crippen molar-refractivity contribution in [2.45, 2.75) is 90.4 Å². The smallest absolute Gasteiger partial charge is 0.407 e. The average Bonchev–Trinajstić information content (AvgIpc) is 3.89. The Morgan fingerprint density at radius 1 is 0.709 bits per heavy atom. The highest BCUT2D eigenvalue weighted by atomic mass is 16.5. The van der Waals surface area contributed by atoms with Crippen molar-refractivity contribution in [2.24, 2.45) is 11.8 Å². The lowest BCUT2D eigenvalue weighted by atomic mass is 9.95. The molecule has 296 valence electrons. The maximum Gasteiger partial charge on any atom is 0.407 e. The number of aromatic nitrogens is 2. The van der Waals surface area contributed by atoms with Crippen LogP contribution < -0.4 is 21.3 Å². The van der Waals surface area contributed by atoms with Gasteiger partial charge >= 0.3 is 12.2 Å². The van der Waals surface area contributed by atoms with Crippen molar-refractivity contribution < 1.29 is 38.2 Å². The topological polar surface area (TPSA) is 204 Å². The van der Waals surface area contributed by atoms with Gasteiger partial charge in [-0.05, 0) is 93.8 Å². The molecule has 2 aliphatic rings. The lowest BCUT2D eigenvalue weighted by Crippen LogP contribution is -2.59. The van der Waals surface area contributed by atoms with Gasteiger partial charge in [0.1, 0.15) is 29.0 Å². The summed E-state index contributed by atoms with van der Waals surface area (Å²) in [7, 11) is 2.47. The Morgan fingerprint density at radius 3 is 1.62 bits per heavy atom. The maximum absolute atomic E-state index is 13.7. The molecule has 5 rings (SSSR count). The summed E-state index contributed by atoms with van der Waals surface area (Å²) >= 11 is 0. The second kappa shape index (κ2) is 16.4. The number of nitrogens with zero attached hydrogens (tertiary/aromatic N) is 3. The van der Waals surface area contributed by atoms with E-state index >= 15 is 0 Å². The molecule has 4 unspecified atom stereocenters. The number of rotatable bonds is 11. The molecular weight excluding hydrogens is 708 g/mol. The van der Waals surface area contributed by atoms with Gasteiger partial charge in [-0.15, -0.1) is 0 Å². The fraction of sp³-hybridized carbons (Fsp3) is 0.513. The maximum atomic E-state index is 13.7. The molecular formula is C39H52N8O8. The number of imidazole rings is 1. The molecule has 0 bridgehead atoms. The van der Waals surface area contributed by atoms with Crippen LogP contribution in [0.1, 0.15) is 67.2 Å². The number of carbonyl (C=O) groups excluding carboxylic acids is 6. The third-order valence-corrected chi connectivity index (χ3v) is 10.7. The number of amides is 6. The van der Waals surface area contributed by atoms with Crippen LogP contribution in [0, 0.1) is 11.8 Å². The normalized spacial score (nSPS) is 20.6. The Morgan fingerprint density at radius 2 is 1.16 bits per heavy atom. The number of benzene rings is 2. The Labute approximate surface area is 320 Å². The number of fused-ring (bicyclic) bond motifs is 1. The quantitative estimate of drug-likeness (QED) is 0.185. The van der Waals surface area contributed by atoms with E-state index in [9.17, 15) is 28.8 Å². The summed E-state index contributed by atoms with van der Waals surface area (Å²) in [5.41, 5.74) is 0.915. The van der Waals surface area contributed by atoms with Crippen molar-refractivity contribution in [3.63, 3.8) is 0 Å². The van der Waals surface area contributed by atoms with Gasteiger partial charge in [0.15, 0.2) is 0 Å². The third-order valence-electron chi connectivity index (χ3n) is 10.7. The van der Waals surface area contributed by atoms with E-state index in [2.05, 4.69) is 26.3 Å². The molecule has 16 heteroatoms. The highest BCUT2D eigenvalue weighted by molar-refractivity contribution is 6.03. The molecule has 16 nitrogen and oxygen atoms in total. The molecule has 1 aromatic heterocycles. The summed E-state index contributed by atoms with van der Waals surface area (Å²) in [6.45, 7) is 11.5. The molecule has 0 radical (unpaired) electrons. The van der Waals surface area contributed by atoms with Gasteiger partial charge in [-0.2, -0.15) is 0 Å².